The summed E-state index contributed by atoms with van der Waals surface area (Å²) in [6.45, 7) is 4.44. The lowest BCUT2D eigenvalue weighted by atomic mass is 10.1. The van der Waals surface area contributed by atoms with Gasteiger partial charge in [-0.3, -0.25) is 9.89 Å². The minimum atomic E-state index is -0.0768. The molecule has 2 rings (SSSR count). The fourth-order valence-corrected chi connectivity index (χ4v) is 2.07. The average molecular weight is 291 g/mol. The molecule has 2 heterocycles. The molecule has 0 radical (unpaired) electrons. The Bertz CT molecular complexity index is 410. The van der Waals surface area contributed by atoms with Crippen molar-refractivity contribution < 1.29 is 4.79 Å². The van der Waals surface area contributed by atoms with Crippen LogP contribution in [0, 0.1) is 0 Å². The molecule has 0 fully saturated rings. The number of halogens is 1. The van der Waals surface area contributed by atoms with Crippen LogP contribution in [0.1, 0.15) is 28.7 Å². The normalized spacial score (nSPS) is 15.4. The van der Waals surface area contributed by atoms with Gasteiger partial charge in [0, 0.05) is 42.6 Å². The number of hydrogen-bond acceptors (Lipinski definition) is 4. The molecule has 0 aliphatic carbocycles. The predicted molar refractivity (Wildman–Crippen MR) is 76.6 cm³/mol. The standard InChI is InChI=1S/C11H18N4OS.ClH/c1-7(17-2)5-13-11(16)10-8-6-12-4-3-9(8)14-15-10;/h7,12H,3-6H2,1-2H3,(H,13,16)(H,14,15);1H. The number of amides is 1. The Kier molecular flexibility index (Phi) is 5.98. The second kappa shape index (κ2) is 7.01. The number of aromatic amines is 1. The lowest BCUT2D eigenvalue weighted by Gasteiger charge is -2.13. The monoisotopic (exact) mass is 290 g/mol. The summed E-state index contributed by atoms with van der Waals surface area (Å²) < 4.78 is 0. The van der Waals surface area contributed by atoms with Crippen LogP contribution < -0.4 is 10.6 Å². The minimum Gasteiger partial charge on any atom is -0.350 e. The van der Waals surface area contributed by atoms with Gasteiger partial charge in [0.05, 0.1) is 0 Å². The Hall–Kier alpha value is -0.720. The number of hydrogen-bond donors (Lipinski definition) is 3. The van der Waals surface area contributed by atoms with E-state index in [0.29, 0.717) is 17.5 Å². The van der Waals surface area contributed by atoms with Crippen LogP contribution in [0.15, 0.2) is 0 Å². The molecule has 1 atom stereocenters. The molecule has 5 nitrogen and oxygen atoms in total. The third-order valence-corrected chi connectivity index (χ3v) is 3.95. The number of aromatic nitrogens is 2. The van der Waals surface area contributed by atoms with Crippen molar-refractivity contribution in [3.63, 3.8) is 0 Å². The van der Waals surface area contributed by atoms with E-state index >= 15 is 0 Å². The van der Waals surface area contributed by atoms with Crippen LogP contribution in [0.2, 0.25) is 0 Å². The third kappa shape index (κ3) is 3.40. The van der Waals surface area contributed by atoms with Gasteiger partial charge in [-0.25, -0.2) is 0 Å². The molecule has 1 aromatic heterocycles. The first-order chi connectivity index (χ1) is 8.22. The van der Waals surface area contributed by atoms with Gasteiger partial charge < -0.3 is 10.6 Å². The van der Waals surface area contributed by atoms with Crippen molar-refractivity contribution in [1.29, 1.82) is 0 Å². The van der Waals surface area contributed by atoms with Crippen LogP contribution in [0.5, 0.6) is 0 Å². The highest BCUT2D eigenvalue weighted by Gasteiger charge is 2.21. The van der Waals surface area contributed by atoms with Crippen LogP contribution in [0.4, 0.5) is 0 Å². The lowest BCUT2D eigenvalue weighted by molar-refractivity contribution is 0.0948. The van der Waals surface area contributed by atoms with E-state index in [2.05, 4.69) is 27.8 Å². The van der Waals surface area contributed by atoms with Crippen LogP contribution in [0.3, 0.4) is 0 Å². The average Bonchev–Trinajstić information content (AvgIpc) is 2.79. The molecule has 0 saturated carbocycles. The molecule has 0 bridgehead atoms. The van der Waals surface area contributed by atoms with Gasteiger partial charge in [-0.1, -0.05) is 6.92 Å². The van der Waals surface area contributed by atoms with E-state index in [9.17, 15) is 4.79 Å². The van der Waals surface area contributed by atoms with Gasteiger partial charge in [0.25, 0.3) is 5.91 Å². The molecule has 18 heavy (non-hydrogen) atoms. The van der Waals surface area contributed by atoms with Crippen LogP contribution in [-0.2, 0) is 13.0 Å². The van der Waals surface area contributed by atoms with Crippen molar-refractivity contribution in [2.75, 3.05) is 19.3 Å². The summed E-state index contributed by atoms with van der Waals surface area (Å²) in [6, 6.07) is 0. The maximum Gasteiger partial charge on any atom is 0.272 e. The van der Waals surface area contributed by atoms with E-state index in [1.54, 1.807) is 11.8 Å². The fourth-order valence-electron chi connectivity index (χ4n) is 1.82. The van der Waals surface area contributed by atoms with Gasteiger partial charge >= 0.3 is 0 Å². The number of nitrogens with one attached hydrogen (secondary N) is 3. The summed E-state index contributed by atoms with van der Waals surface area (Å²) in [4.78, 5) is 12.0. The Labute approximate surface area is 117 Å². The van der Waals surface area contributed by atoms with E-state index in [-0.39, 0.29) is 18.3 Å². The van der Waals surface area contributed by atoms with Crippen molar-refractivity contribution in [1.82, 2.24) is 20.8 Å². The molecular weight excluding hydrogens is 272 g/mol. The van der Waals surface area contributed by atoms with Crippen molar-refractivity contribution in [3.8, 4) is 0 Å². The summed E-state index contributed by atoms with van der Waals surface area (Å²) in [7, 11) is 0. The molecule has 0 spiro atoms. The first kappa shape index (κ1) is 15.3. The maximum atomic E-state index is 12.0. The van der Waals surface area contributed by atoms with Crippen molar-refractivity contribution >= 4 is 30.1 Å². The van der Waals surface area contributed by atoms with E-state index in [0.717, 1.165) is 30.8 Å². The molecule has 1 amide bonds. The molecule has 0 aromatic carbocycles. The number of fused-ring (bicyclic) bond motifs is 1. The Balaban J connectivity index is 0.00000162. The highest BCUT2D eigenvalue weighted by Crippen LogP contribution is 2.15. The summed E-state index contributed by atoms with van der Waals surface area (Å²) in [5.74, 6) is -0.0768. The van der Waals surface area contributed by atoms with Crippen LogP contribution >= 0.6 is 24.2 Å². The zero-order chi connectivity index (χ0) is 12.3. The number of rotatable bonds is 4. The van der Waals surface area contributed by atoms with Gasteiger partial charge in [-0.05, 0) is 6.26 Å². The smallest absolute Gasteiger partial charge is 0.272 e. The lowest BCUT2D eigenvalue weighted by Crippen LogP contribution is -2.31. The Morgan fingerprint density at radius 3 is 3.11 bits per heavy atom. The van der Waals surface area contributed by atoms with Crippen molar-refractivity contribution in [3.05, 3.63) is 17.0 Å². The molecule has 1 aliphatic heterocycles. The molecule has 102 valence electrons. The topological polar surface area (TPSA) is 69.8 Å². The maximum absolute atomic E-state index is 12.0. The van der Waals surface area contributed by atoms with Gasteiger partial charge in [-0.15, -0.1) is 12.4 Å². The van der Waals surface area contributed by atoms with E-state index in [4.69, 9.17) is 0 Å². The van der Waals surface area contributed by atoms with E-state index < -0.39 is 0 Å². The third-order valence-electron chi connectivity index (χ3n) is 2.97. The Morgan fingerprint density at radius 2 is 2.39 bits per heavy atom. The number of carbonyl (C=O) groups excluding carboxylic acids is 1. The second-order valence-corrected chi connectivity index (χ2v) is 5.49. The molecule has 1 aliphatic rings. The summed E-state index contributed by atoms with van der Waals surface area (Å²) in [5, 5.41) is 13.7. The number of thioether (sulfide) groups is 1. The number of H-pyrrole nitrogens is 1. The summed E-state index contributed by atoms with van der Waals surface area (Å²) in [6.07, 6.45) is 2.95. The SMILES string of the molecule is CSC(C)CNC(=O)c1n[nH]c2c1CNCC2.Cl. The largest absolute Gasteiger partial charge is 0.350 e. The highest BCUT2D eigenvalue weighted by molar-refractivity contribution is 7.99. The van der Waals surface area contributed by atoms with Gasteiger partial charge in [0.2, 0.25) is 0 Å². The molecule has 0 saturated heterocycles. The quantitative estimate of drug-likeness (QED) is 0.772. The van der Waals surface area contributed by atoms with E-state index in [1.165, 1.54) is 0 Å². The zero-order valence-corrected chi connectivity index (χ0v) is 12.2. The van der Waals surface area contributed by atoms with Gasteiger partial charge in [0.15, 0.2) is 5.69 Å². The molecule has 1 unspecified atom stereocenters. The molecule has 3 N–H and O–H groups in total. The minimum absolute atomic E-state index is 0. The molecule has 7 heteroatoms. The first-order valence-corrected chi connectivity index (χ1v) is 7.09. The fraction of sp³-hybridized carbons (Fsp3) is 0.636. The first-order valence-electron chi connectivity index (χ1n) is 5.80. The van der Waals surface area contributed by atoms with Crippen molar-refractivity contribution in [2.45, 2.75) is 25.1 Å². The second-order valence-electron chi connectivity index (χ2n) is 4.21. The number of carbonyl (C=O) groups is 1. The zero-order valence-electron chi connectivity index (χ0n) is 10.6. The Morgan fingerprint density at radius 1 is 1.61 bits per heavy atom. The van der Waals surface area contributed by atoms with Gasteiger partial charge in [0.1, 0.15) is 0 Å². The van der Waals surface area contributed by atoms with Gasteiger partial charge in [-0.2, -0.15) is 16.9 Å². The van der Waals surface area contributed by atoms with E-state index in [1.807, 2.05) is 6.26 Å². The summed E-state index contributed by atoms with van der Waals surface area (Å²) in [5.41, 5.74) is 2.65. The predicted octanol–water partition coefficient (Wildman–Crippen LogP) is 0.958. The highest BCUT2D eigenvalue weighted by atomic mass is 35.5. The molecular formula is C11H19ClN4OS. The number of nitrogens with zero attached hydrogens (tertiary/aromatic N) is 1. The van der Waals surface area contributed by atoms with Crippen molar-refractivity contribution in [2.24, 2.45) is 0 Å². The van der Waals surface area contributed by atoms with Crippen LogP contribution in [-0.4, -0.2) is 40.7 Å². The molecule has 1 aromatic rings. The summed E-state index contributed by atoms with van der Waals surface area (Å²) >= 11 is 1.74. The van der Waals surface area contributed by atoms with Crippen LogP contribution in [0.25, 0.3) is 0 Å².